The number of methoxy groups -OCH3 is 1. The summed E-state index contributed by atoms with van der Waals surface area (Å²) in [5.74, 6) is 1.23. The molecule has 4 N–H and O–H groups in total. The maximum Gasteiger partial charge on any atom is 0.262 e. The van der Waals surface area contributed by atoms with E-state index < -0.39 is 11.4 Å². The predicted octanol–water partition coefficient (Wildman–Crippen LogP) is 3.83. The number of aromatic nitrogens is 6. The Bertz CT molecular complexity index is 1640. The zero-order valence-electron chi connectivity index (χ0n) is 24.0. The van der Waals surface area contributed by atoms with Crippen molar-refractivity contribution >= 4 is 29.1 Å². The van der Waals surface area contributed by atoms with Crippen molar-refractivity contribution in [1.29, 1.82) is 0 Å². The number of anilines is 3. The highest BCUT2D eigenvalue weighted by molar-refractivity contribution is 5.96. The third kappa shape index (κ3) is 5.78. The van der Waals surface area contributed by atoms with Crippen LogP contribution in [0, 0.1) is 12.7 Å². The van der Waals surface area contributed by atoms with Crippen LogP contribution in [-0.4, -0.2) is 61.1 Å². The number of nitrogens with one attached hydrogen (secondary N) is 4. The molecule has 0 radical (unpaired) electrons. The minimum atomic E-state index is -1.01. The van der Waals surface area contributed by atoms with Gasteiger partial charge >= 0.3 is 0 Å². The maximum absolute atomic E-state index is 13.6. The number of amides is 2. The Labute approximate surface area is 246 Å². The summed E-state index contributed by atoms with van der Waals surface area (Å²) in [7, 11) is 1.55. The lowest BCUT2D eigenvalue weighted by Crippen LogP contribution is -2.50. The Balaban J connectivity index is 1.15. The summed E-state index contributed by atoms with van der Waals surface area (Å²) in [5, 5.41) is 20.2. The number of hydrogen-bond acceptors (Lipinski definition) is 9. The first-order chi connectivity index (χ1) is 20.7. The van der Waals surface area contributed by atoms with Gasteiger partial charge in [0.2, 0.25) is 0 Å². The number of H-pyrrole nitrogens is 1. The van der Waals surface area contributed by atoms with Gasteiger partial charge in [0, 0.05) is 37.1 Å². The van der Waals surface area contributed by atoms with Gasteiger partial charge in [-0.1, -0.05) is 6.07 Å². The van der Waals surface area contributed by atoms with Crippen LogP contribution < -0.4 is 20.7 Å². The number of pyridine rings is 2. The second-order valence-electron chi connectivity index (χ2n) is 10.9. The summed E-state index contributed by atoms with van der Waals surface area (Å²) >= 11 is 0. The monoisotopic (exact) mass is 589 g/mol. The van der Waals surface area contributed by atoms with E-state index in [0.29, 0.717) is 60.3 Å². The van der Waals surface area contributed by atoms with Crippen molar-refractivity contribution in [3.05, 3.63) is 65.6 Å². The maximum atomic E-state index is 13.6. The largest absolute Gasteiger partial charge is 0.480 e. The number of ether oxygens (including phenoxy) is 2. The van der Waals surface area contributed by atoms with Crippen molar-refractivity contribution in [2.75, 3.05) is 24.4 Å². The number of aryl methyl sites for hydroxylation is 1. The predicted molar refractivity (Wildman–Crippen MR) is 154 cm³/mol. The molecule has 0 saturated heterocycles. The molecule has 43 heavy (non-hydrogen) atoms. The molecule has 1 fully saturated rings. The molecule has 2 amide bonds. The number of fused-ring (bicyclic) bond motifs is 1. The van der Waals surface area contributed by atoms with Gasteiger partial charge in [-0.25, -0.2) is 19.0 Å². The van der Waals surface area contributed by atoms with Gasteiger partial charge in [0.1, 0.15) is 11.4 Å². The van der Waals surface area contributed by atoms with E-state index in [2.05, 4.69) is 36.2 Å². The van der Waals surface area contributed by atoms with E-state index in [1.165, 1.54) is 10.9 Å². The molecule has 0 spiro atoms. The number of nitrogens with zero attached hydrogens (tertiary/aromatic N) is 5. The van der Waals surface area contributed by atoms with E-state index in [0.717, 1.165) is 17.5 Å². The van der Waals surface area contributed by atoms with Crippen LogP contribution in [0.5, 0.6) is 5.75 Å². The molecular formula is C29H32FN9O4. The second-order valence-corrected chi connectivity index (χ2v) is 10.9. The SMILES string of the molecule is COC1(C(=O)N[C@@H](C)c2ccc(-n3cc(F)cn3)nc2)CCC(c2nc(Nc3cc(C)[nH]n3)cc3c2OCC(=O)N3)CC1. The third-order valence-electron chi connectivity index (χ3n) is 7.97. The quantitative estimate of drug-likeness (QED) is 0.239. The van der Waals surface area contributed by atoms with Gasteiger partial charge in [0.15, 0.2) is 29.8 Å². The lowest BCUT2D eigenvalue weighted by Gasteiger charge is -2.38. The van der Waals surface area contributed by atoms with E-state index >= 15 is 0 Å². The van der Waals surface area contributed by atoms with Crippen molar-refractivity contribution in [3.63, 3.8) is 0 Å². The summed E-state index contributed by atoms with van der Waals surface area (Å²) in [6.07, 6.45) is 6.16. The summed E-state index contributed by atoms with van der Waals surface area (Å²) in [4.78, 5) is 34.9. The first-order valence-corrected chi connectivity index (χ1v) is 14.0. The molecule has 14 heteroatoms. The molecule has 1 atom stereocenters. The van der Waals surface area contributed by atoms with Crippen molar-refractivity contribution in [2.24, 2.45) is 0 Å². The van der Waals surface area contributed by atoms with Gasteiger partial charge in [0.05, 0.1) is 29.8 Å². The van der Waals surface area contributed by atoms with Crippen LogP contribution >= 0.6 is 0 Å². The molecule has 4 aromatic heterocycles. The molecule has 13 nitrogen and oxygen atoms in total. The minimum Gasteiger partial charge on any atom is -0.480 e. The number of hydrogen-bond donors (Lipinski definition) is 4. The lowest BCUT2D eigenvalue weighted by molar-refractivity contribution is -0.148. The fraction of sp³-hybridized carbons (Fsp3) is 0.379. The van der Waals surface area contributed by atoms with Gasteiger partial charge in [-0.15, -0.1) is 0 Å². The van der Waals surface area contributed by atoms with E-state index in [1.807, 2.05) is 26.0 Å². The molecule has 6 rings (SSSR count). The number of rotatable bonds is 8. The average molecular weight is 590 g/mol. The smallest absolute Gasteiger partial charge is 0.262 e. The zero-order valence-corrected chi connectivity index (χ0v) is 24.0. The van der Waals surface area contributed by atoms with Crippen molar-refractivity contribution in [3.8, 4) is 11.6 Å². The van der Waals surface area contributed by atoms with Crippen LogP contribution in [0.2, 0.25) is 0 Å². The van der Waals surface area contributed by atoms with Gasteiger partial charge < -0.3 is 25.4 Å². The highest BCUT2D eigenvalue weighted by Crippen LogP contribution is 2.45. The Kier molecular flexibility index (Phi) is 7.52. The second kappa shape index (κ2) is 11.4. The molecule has 0 aromatic carbocycles. The molecule has 1 aliphatic heterocycles. The molecule has 5 heterocycles. The van der Waals surface area contributed by atoms with Crippen molar-refractivity contribution < 1.29 is 23.5 Å². The number of halogens is 1. The van der Waals surface area contributed by atoms with Crippen LogP contribution in [0.3, 0.4) is 0 Å². The number of carbonyl (C=O) groups excluding carboxylic acids is 2. The Morgan fingerprint density at radius 1 is 1.23 bits per heavy atom. The molecule has 1 aliphatic carbocycles. The first kappa shape index (κ1) is 28.3. The van der Waals surface area contributed by atoms with E-state index in [-0.39, 0.29) is 30.4 Å². The van der Waals surface area contributed by atoms with E-state index in [9.17, 15) is 14.0 Å². The van der Waals surface area contributed by atoms with E-state index in [1.54, 1.807) is 25.4 Å². The lowest BCUT2D eigenvalue weighted by atomic mass is 9.76. The molecule has 2 aliphatic rings. The third-order valence-corrected chi connectivity index (χ3v) is 7.97. The highest BCUT2D eigenvalue weighted by Gasteiger charge is 2.44. The Morgan fingerprint density at radius 2 is 2.05 bits per heavy atom. The molecular weight excluding hydrogens is 557 g/mol. The topological polar surface area (TPSA) is 161 Å². The molecule has 4 aromatic rings. The zero-order chi connectivity index (χ0) is 30.1. The van der Waals surface area contributed by atoms with Crippen LogP contribution in [0.15, 0.2) is 42.9 Å². The van der Waals surface area contributed by atoms with Crippen molar-refractivity contribution in [1.82, 2.24) is 35.3 Å². The fourth-order valence-corrected chi connectivity index (χ4v) is 5.58. The van der Waals surface area contributed by atoms with Gasteiger partial charge in [0.25, 0.3) is 11.8 Å². The van der Waals surface area contributed by atoms with Crippen LogP contribution in [0.25, 0.3) is 5.82 Å². The van der Waals surface area contributed by atoms with Crippen LogP contribution in [0.1, 0.15) is 61.5 Å². The molecule has 0 bridgehead atoms. The summed E-state index contributed by atoms with van der Waals surface area (Å²) in [6, 6.07) is 6.78. The summed E-state index contributed by atoms with van der Waals surface area (Å²) < 4.78 is 26.4. The number of aromatic amines is 1. The normalized spacial score (nSPS) is 20.5. The Morgan fingerprint density at radius 3 is 2.70 bits per heavy atom. The molecule has 0 unspecified atom stereocenters. The van der Waals surface area contributed by atoms with Crippen LogP contribution in [-0.2, 0) is 14.3 Å². The van der Waals surface area contributed by atoms with E-state index in [4.69, 9.17) is 14.5 Å². The van der Waals surface area contributed by atoms with Gasteiger partial charge in [-0.05, 0) is 51.2 Å². The van der Waals surface area contributed by atoms with Gasteiger partial charge in [-0.2, -0.15) is 10.2 Å². The highest BCUT2D eigenvalue weighted by atomic mass is 19.1. The standard InChI is InChI=1S/C29H32FN9O4/c1-16-10-23(38-37-16)35-22-11-21-27(43-15-25(40)34-21)26(36-22)18-6-8-29(42-3,9-7-18)28(41)33-17(2)19-4-5-24(31-12-19)39-14-20(30)13-32-39/h4-5,10-14,17-18H,6-9,15H2,1-3H3,(H,33,41)(H,34,40)(H2,35,36,37,38)/t17-,18?,29?/m0/s1. The van der Waals surface area contributed by atoms with Crippen molar-refractivity contribution in [2.45, 2.75) is 57.1 Å². The summed E-state index contributed by atoms with van der Waals surface area (Å²) in [6.45, 7) is 3.69. The Hall–Kier alpha value is -4.85. The average Bonchev–Trinajstić information content (AvgIpc) is 3.63. The van der Waals surface area contributed by atoms with Crippen LogP contribution in [0.4, 0.5) is 21.7 Å². The summed E-state index contributed by atoms with van der Waals surface area (Å²) in [5.41, 5.74) is 1.93. The first-order valence-electron chi connectivity index (χ1n) is 14.0. The van der Waals surface area contributed by atoms with Gasteiger partial charge in [-0.3, -0.25) is 14.7 Å². The fourth-order valence-electron chi connectivity index (χ4n) is 5.58. The molecule has 1 saturated carbocycles. The number of carbonyl (C=O) groups is 2. The molecule has 224 valence electrons. The minimum absolute atomic E-state index is 0.0243.